The fourth-order valence-electron chi connectivity index (χ4n) is 2.36. The van der Waals surface area contributed by atoms with Crippen LogP contribution in [0.5, 0.6) is 0 Å². The van der Waals surface area contributed by atoms with Crippen molar-refractivity contribution in [3.8, 4) is 11.1 Å². The molecule has 0 aromatic heterocycles. The summed E-state index contributed by atoms with van der Waals surface area (Å²) in [5.74, 6) is -0.0553. The second-order valence-electron chi connectivity index (χ2n) is 5.35. The Hall–Kier alpha value is -2.33. The van der Waals surface area contributed by atoms with Crippen molar-refractivity contribution in [3.63, 3.8) is 0 Å². The van der Waals surface area contributed by atoms with E-state index in [0.717, 1.165) is 33.6 Å². The predicted molar refractivity (Wildman–Crippen MR) is 91.2 cm³/mol. The molecule has 22 heavy (non-hydrogen) atoms. The summed E-state index contributed by atoms with van der Waals surface area (Å²) in [6, 6.07) is 12.3. The van der Waals surface area contributed by atoms with E-state index in [2.05, 4.69) is 41.8 Å². The lowest BCUT2D eigenvalue weighted by atomic mass is 10.00. The van der Waals surface area contributed by atoms with Crippen molar-refractivity contribution < 1.29 is 9.53 Å². The highest BCUT2D eigenvalue weighted by molar-refractivity contribution is 5.90. The first kappa shape index (κ1) is 16.0. The molecule has 0 aliphatic heterocycles. The van der Waals surface area contributed by atoms with Gasteiger partial charge in [-0.05, 0) is 60.4 Å². The first-order valence-electron chi connectivity index (χ1n) is 7.23. The molecular formula is C18H22N2O2. The molecule has 4 heteroatoms. The van der Waals surface area contributed by atoms with Crippen molar-refractivity contribution in [3.05, 3.63) is 47.5 Å². The van der Waals surface area contributed by atoms with Crippen LogP contribution < -0.4 is 10.6 Å². The largest absolute Gasteiger partial charge is 0.365 e. The van der Waals surface area contributed by atoms with Crippen LogP contribution in [0.3, 0.4) is 0 Å². The van der Waals surface area contributed by atoms with Gasteiger partial charge in [-0.2, -0.15) is 0 Å². The van der Waals surface area contributed by atoms with Crippen molar-refractivity contribution in [1.82, 2.24) is 0 Å². The number of hydrogen-bond donors (Lipinski definition) is 2. The van der Waals surface area contributed by atoms with Gasteiger partial charge in [0.2, 0.25) is 5.91 Å². The Bertz CT molecular complexity index is 681. The van der Waals surface area contributed by atoms with Crippen molar-refractivity contribution >= 4 is 17.3 Å². The van der Waals surface area contributed by atoms with E-state index in [1.54, 1.807) is 7.11 Å². The van der Waals surface area contributed by atoms with E-state index in [-0.39, 0.29) is 5.91 Å². The Morgan fingerprint density at radius 1 is 1.00 bits per heavy atom. The van der Waals surface area contributed by atoms with Crippen LogP contribution in [0.1, 0.15) is 18.1 Å². The molecule has 2 rings (SSSR count). The summed E-state index contributed by atoms with van der Waals surface area (Å²) in [6.45, 7) is 6.07. The molecule has 2 aromatic rings. The highest BCUT2D eigenvalue weighted by atomic mass is 16.5. The highest BCUT2D eigenvalue weighted by Crippen LogP contribution is 2.28. The maximum absolute atomic E-state index is 11.2. The zero-order chi connectivity index (χ0) is 16.1. The number of hydrogen-bond acceptors (Lipinski definition) is 3. The summed E-state index contributed by atoms with van der Waals surface area (Å²) < 4.78 is 5.03. The summed E-state index contributed by atoms with van der Waals surface area (Å²) in [6.07, 6.45) is 0. The van der Waals surface area contributed by atoms with E-state index in [4.69, 9.17) is 4.74 Å². The zero-order valence-corrected chi connectivity index (χ0v) is 13.5. The van der Waals surface area contributed by atoms with Crippen molar-refractivity contribution in [2.45, 2.75) is 20.8 Å². The van der Waals surface area contributed by atoms with Crippen molar-refractivity contribution in [1.29, 1.82) is 0 Å². The molecule has 0 aliphatic rings. The van der Waals surface area contributed by atoms with Crippen LogP contribution in [0.15, 0.2) is 36.4 Å². The highest BCUT2D eigenvalue weighted by Gasteiger charge is 2.05. The molecule has 0 bridgehead atoms. The first-order valence-corrected chi connectivity index (χ1v) is 7.23. The third kappa shape index (κ3) is 3.86. The Labute approximate surface area is 131 Å². The van der Waals surface area contributed by atoms with Crippen LogP contribution in [-0.2, 0) is 9.53 Å². The van der Waals surface area contributed by atoms with Crippen LogP contribution in [0.25, 0.3) is 11.1 Å². The minimum atomic E-state index is -0.0553. The van der Waals surface area contributed by atoms with E-state index in [1.165, 1.54) is 6.92 Å². The van der Waals surface area contributed by atoms with Gasteiger partial charge in [-0.3, -0.25) is 4.79 Å². The molecule has 2 aromatic carbocycles. The summed E-state index contributed by atoms with van der Waals surface area (Å²) in [5, 5.41) is 6.05. The van der Waals surface area contributed by atoms with E-state index in [0.29, 0.717) is 6.73 Å². The summed E-state index contributed by atoms with van der Waals surface area (Å²) >= 11 is 0. The first-order chi connectivity index (χ1) is 10.5. The zero-order valence-electron chi connectivity index (χ0n) is 13.5. The molecule has 1 amide bonds. The summed E-state index contributed by atoms with van der Waals surface area (Å²) in [5.41, 5.74) is 6.42. The molecule has 0 atom stereocenters. The predicted octanol–water partition coefficient (Wildman–Crippen LogP) is 3.94. The molecule has 116 valence electrons. The lowest BCUT2D eigenvalue weighted by molar-refractivity contribution is -0.114. The SMILES string of the molecule is COCNc1ccc(-c2ccc(NC(C)=O)c(C)c2)cc1C. The maximum atomic E-state index is 11.2. The fraction of sp³-hybridized carbons (Fsp3) is 0.278. The van der Waals surface area contributed by atoms with Crippen LogP contribution in [0, 0.1) is 13.8 Å². The Morgan fingerprint density at radius 2 is 1.55 bits per heavy atom. The lowest BCUT2D eigenvalue weighted by Gasteiger charge is -2.12. The number of rotatable bonds is 5. The van der Waals surface area contributed by atoms with Gasteiger partial charge >= 0.3 is 0 Å². The van der Waals surface area contributed by atoms with Gasteiger partial charge in [0.15, 0.2) is 0 Å². The second-order valence-corrected chi connectivity index (χ2v) is 5.35. The molecular weight excluding hydrogens is 276 g/mol. The van der Waals surface area contributed by atoms with Gasteiger partial charge in [0.25, 0.3) is 0 Å². The van der Waals surface area contributed by atoms with Gasteiger partial charge in [-0.15, -0.1) is 0 Å². The number of carbonyl (C=O) groups is 1. The molecule has 0 unspecified atom stereocenters. The molecule has 4 nitrogen and oxygen atoms in total. The van der Waals surface area contributed by atoms with Gasteiger partial charge in [-0.1, -0.05) is 12.1 Å². The third-order valence-electron chi connectivity index (χ3n) is 3.50. The van der Waals surface area contributed by atoms with E-state index in [9.17, 15) is 4.79 Å². The molecule has 0 saturated heterocycles. The maximum Gasteiger partial charge on any atom is 0.221 e. The Kier molecular flexibility index (Phi) is 5.17. The smallest absolute Gasteiger partial charge is 0.221 e. The molecule has 0 aliphatic carbocycles. The number of ether oxygens (including phenoxy) is 1. The molecule has 0 saturated carbocycles. The summed E-state index contributed by atoms with van der Waals surface area (Å²) in [4.78, 5) is 11.2. The van der Waals surface area contributed by atoms with E-state index < -0.39 is 0 Å². The second kappa shape index (κ2) is 7.09. The number of anilines is 2. The minimum absolute atomic E-state index is 0.0553. The van der Waals surface area contributed by atoms with Crippen LogP contribution >= 0.6 is 0 Å². The third-order valence-corrected chi connectivity index (χ3v) is 3.50. The molecule has 0 spiro atoms. The number of nitrogens with one attached hydrogen (secondary N) is 2. The number of amides is 1. The Balaban J connectivity index is 2.26. The number of benzene rings is 2. The van der Waals surface area contributed by atoms with Gasteiger partial charge in [0.05, 0.1) is 0 Å². The average Bonchev–Trinajstić information content (AvgIpc) is 2.47. The topological polar surface area (TPSA) is 50.4 Å². The number of aryl methyl sites for hydroxylation is 2. The molecule has 0 heterocycles. The van der Waals surface area contributed by atoms with Crippen LogP contribution in [-0.4, -0.2) is 19.7 Å². The number of carbonyl (C=O) groups excluding carboxylic acids is 1. The normalized spacial score (nSPS) is 10.4. The Morgan fingerprint density at radius 3 is 2.00 bits per heavy atom. The minimum Gasteiger partial charge on any atom is -0.365 e. The standard InChI is InChI=1S/C18H22N2O2/c1-12-9-15(5-7-17(12)19-11-22-4)16-6-8-18(13(2)10-16)20-14(3)21/h5-10,19H,11H2,1-4H3,(H,20,21). The van der Waals surface area contributed by atoms with Gasteiger partial charge < -0.3 is 15.4 Å². The average molecular weight is 298 g/mol. The summed E-state index contributed by atoms with van der Waals surface area (Å²) in [7, 11) is 1.66. The van der Waals surface area contributed by atoms with Crippen LogP contribution in [0.2, 0.25) is 0 Å². The van der Waals surface area contributed by atoms with Gasteiger partial charge in [0, 0.05) is 25.4 Å². The fourth-order valence-corrected chi connectivity index (χ4v) is 2.36. The lowest BCUT2D eigenvalue weighted by Crippen LogP contribution is -2.07. The van der Waals surface area contributed by atoms with Gasteiger partial charge in [-0.25, -0.2) is 0 Å². The van der Waals surface area contributed by atoms with E-state index >= 15 is 0 Å². The monoisotopic (exact) mass is 298 g/mol. The van der Waals surface area contributed by atoms with Crippen molar-refractivity contribution in [2.24, 2.45) is 0 Å². The van der Waals surface area contributed by atoms with Gasteiger partial charge in [0.1, 0.15) is 6.73 Å². The quantitative estimate of drug-likeness (QED) is 0.822. The molecule has 0 radical (unpaired) electrons. The van der Waals surface area contributed by atoms with Crippen LogP contribution in [0.4, 0.5) is 11.4 Å². The molecule has 0 fully saturated rings. The number of methoxy groups -OCH3 is 1. The van der Waals surface area contributed by atoms with E-state index in [1.807, 2.05) is 19.1 Å². The molecule has 2 N–H and O–H groups in total. The van der Waals surface area contributed by atoms with Crippen molar-refractivity contribution in [2.75, 3.05) is 24.5 Å².